The lowest BCUT2D eigenvalue weighted by molar-refractivity contribution is -0.190. The fourth-order valence-corrected chi connectivity index (χ4v) is 3.97. The van der Waals surface area contributed by atoms with Crippen LogP contribution in [0.1, 0.15) is 11.8 Å². The topological polar surface area (TPSA) is 155 Å². The van der Waals surface area contributed by atoms with Crippen LogP contribution >= 0.6 is 7.60 Å². The van der Waals surface area contributed by atoms with Crippen LogP contribution in [0, 0.1) is 11.8 Å². The fraction of sp³-hybridized carbons (Fsp3) is 0.600. The molecular weight excluding hydrogens is 381 g/mol. The van der Waals surface area contributed by atoms with Crippen LogP contribution in [0.25, 0.3) is 0 Å². The molecule has 5 atom stereocenters. The molecule has 2 aliphatic rings. The van der Waals surface area contributed by atoms with E-state index >= 15 is 0 Å². The van der Waals surface area contributed by atoms with Gasteiger partial charge in [-0.15, -0.1) is 0 Å². The molecule has 2 aliphatic heterocycles. The summed E-state index contributed by atoms with van der Waals surface area (Å²) in [5, 5.41) is 0. The number of fused-ring (bicyclic) bond motifs is 2. The van der Waals surface area contributed by atoms with Crippen LogP contribution in [0.3, 0.4) is 0 Å². The molecule has 0 aromatic carbocycles. The summed E-state index contributed by atoms with van der Waals surface area (Å²) in [5.74, 6) is 5.12. The molecule has 12 heteroatoms. The van der Waals surface area contributed by atoms with Crippen LogP contribution in [0.4, 0.5) is 0 Å². The highest BCUT2D eigenvalue weighted by atomic mass is 31.2. The molecule has 0 aliphatic carbocycles. The number of methoxy groups -OCH3 is 1. The number of hydrogen-bond donors (Lipinski definition) is 3. The minimum absolute atomic E-state index is 0.0165. The van der Waals surface area contributed by atoms with Gasteiger partial charge in [-0.25, -0.2) is 4.79 Å². The molecule has 0 radical (unpaired) electrons. The summed E-state index contributed by atoms with van der Waals surface area (Å²) >= 11 is 0. The molecule has 4 N–H and O–H groups in total. The standard InChI is InChI=1S/C15H20N3O8P/c1-23-7-15-8-24-10(11(15)26-27(2,21)22)13(25-15)18-6-9(4-3-5-16)12(19)17-14(18)20/h6,10-11,13H,5,7-8,16H2,1-2H3,(H,21,22)(H,17,19,20)/t10-,11?,13+,15-/m0/s1. The SMILES string of the molecule is COC[C@]12CO[C@@H](C1OP(C)(=O)O)[C@H](n1cc(C#CCN)c(=O)[nH]c1=O)O2. The summed E-state index contributed by atoms with van der Waals surface area (Å²) in [6.07, 6.45) is -1.57. The number of H-pyrrole nitrogens is 1. The number of aromatic nitrogens is 2. The van der Waals surface area contributed by atoms with Gasteiger partial charge in [0.1, 0.15) is 23.4 Å². The van der Waals surface area contributed by atoms with Gasteiger partial charge in [-0.1, -0.05) is 11.8 Å². The number of hydrogen-bond acceptors (Lipinski definition) is 8. The van der Waals surface area contributed by atoms with E-state index < -0.39 is 42.9 Å². The zero-order valence-electron chi connectivity index (χ0n) is 14.7. The lowest BCUT2D eigenvalue weighted by Gasteiger charge is -2.31. The average molecular weight is 401 g/mol. The largest absolute Gasteiger partial charge is 0.381 e. The van der Waals surface area contributed by atoms with Crippen molar-refractivity contribution in [1.29, 1.82) is 0 Å². The maximum absolute atomic E-state index is 12.3. The summed E-state index contributed by atoms with van der Waals surface area (Å²) in [4.78, 5) is 36.0. The summed E-state index contributed by atoms with van der Waals surface area (Å²) in [5.41, 5.74) is 2.77. The Kier molecular flexibility index (Phi) is 5.42. The first-order valence-corrected chi connectivity index (χ1v) is 10.0. The Morgan fingerprint density at radius 2 is 2.30 bits per heavy atom. The maximum atomic E-state index is 12.3. The number of nitrogens with two attached hydrogens (primary N) is 1. The molecule has 2 bridgehead atoms. The van der Waals surface area contributed by atoms with E-state index in [9.17, 15) is 19.0 Å². The van der Waals surface area contributed by atoms with Crippen molar-refractivity contribution < 1.29 is 28.2 Å². The van der Waals surface area contributed by atoms with Crippen molar-refractivity contribution in [1.82, 2.24) is 9.55 Å². The molecule has 2 fully saturated rings. The number of aromatic amines is 1. The van der Waals surface area contributed by atoms with E-state index in [-0.39, 0.29) is 25.3 Å². The second-order valence-electron chi connectivity index (χ2n) is 6.33. The van der Waals surface area contributed by atoms with E-state index in [0.717, 1.165) is 11.2 Å². The smallest absolute Gasteiger partial charge is 0.330 e. The van der Waals surface area contributed by atoms with E-state index in [1.54, 1.807) is 0 Å². The van der Waals surface area contributed by atoms with Gasteiger partial charge in [0.2, 0.25) is 0 Å². The summed E-state index contributed by atoms with van der Waals surface area (Å²) < 4.78 is 35.0. The number of nitrogens with zero attached hydrogens (tertiary/aromatic N) is 1. The third-order valence-electron chi connectivity index (χ3n) is 4.24. The van der Waals surface area contributed by atoms with Gasteiger partial charge < -0.3 is 24.8 Å². The Morgan fingerprint density at radius 3 is 2.93 bits per heavy atom. The Morgan fingerprint density at radius 1 is 1.56 bits per heavy atom. The minimum atomic E-state index is -3.87. The third-order valence-corrected chi connectivity index (χ3v) is 4.86. The van der Waals surface area contributed by atoms with Crippen molar-refractivity contribution in [2.45, 2.75) is 24.0 Å². The first-order chi connectivity index (χ1) is 12.7. The molecule has 148 valence electrons. The zero-order valence-corrected chi connectivity index (χ0v) is 15.6. The monoisotopic (exact) mass is 401 g/mol. The molecular formula is C15H20N3O8P. The van der Waals surface area contributed by atoms with E-state index in [2.05, 4.69) is 16.8 Å². The van der Waals surface area contributed by atoms with Gasteiger partial charge in [0, 0.05) is 20.0 Å². The summed E-state index contributed by atoms with van der Waals surface area (Å²) in [7, 11) is -2.44. The van der Waals surface area contributed by atoms with Gasteiger partial charge in [0.25, 0.3) is 5.56 Å². The molecule has 0 spiro atoms. The fourth-order valence-electron chi connectivity index (χ4n) is 3.24. The van der Waals surface area contributed by atoms with E-state index in [0.29, 0.717) is 0 Å². The molecule has 1 aromatic rings. The third kappa shape index (κ3) is 3.79. The van der Waals surface area contributed by atoms with Gasteiger partial charge in [-0.2, -0.15) is 0 Å². The predicted molar refractivity (Wildman–Crippen MR) is 92.3 cm³/mol. The molecule has 3 heterocycles. The van der Waals surface area contributed by atoms with Crippen molar-refractivity contribution in [2.75, 3.05) is 33.5 Å². The maximum Gasteiger partial charge on any atom is 0.330 e. The highest BCUT2D eigenvalue weighted by molar-refractivity contribution is 7.51. The molecule has 0 saturated carbocycles. The van der Waals surface area contributed by atoms with Gasteiger partial charge in [0.15, 0.2) is 6.23 Å². The number of ether oxygens (including phenoxy) is 3. The number of nitrogens with one attached hydrogen (secondary N) is 1. The summed E-state index contributed by atoms with van der Waals surface area (Å²) in [6, 6.07) is 0. The van der Waals surface area contributed by atoms with Crippen molar-refractivity contribution in [3.8, 4) is 11.8 Å². The normalized spacial score (nSPS) is 31.3. The molecule has 2 saturated heterocycles. The van der Waals surface area contributed by atoms with Gasteiger partial charge in [-0.3, -0.25) is 23.4 Å². The zero-order chi connectivity index (χ0) is 19.8. The highest BCUT2D eigenvalue weighted by Gasteiger charge is 2.64. The Hall–Kier alpha value is -1.77. The number of rotatable bonds is 5. The van der Waals surface area contributed by atoms with Crippen molar-refractivity contribution in [3.05, 3.63) is 32.6 Å². The van der Waals surface area contributed by atoms with Gasteiger partial charge in [0.05, 0.1) is 19.8 Å². The second kappa shape index (κ2) is 7.33. The van der Waals surface area contributed by atoms with Crippen molar-refractivity contribution in [3.63, 3.8) is 0 Å². The van der Waals surface area contributed by atoms with Gasteiger partial charge in [-0.05, 0) is 0 Å². The summed E-state index contributed by atoms with van der Waals surface area (Å²) in [6.45, 7) is 1.17. The van der Waals surface area contributed by atoms with Crippen LogP contribution < -0.4 is 17.0 Å². The quantitative estimate of drug-likeness (QED) is 0.389. The Labute approximate surface area is 153 Å². The highest BCUT2D eigenvalue weighted by Crippen LogP contribution is 2.52. The van der Waals surface area contributed by atoms with Crippen molar-refractivity contribution >= 4 is 7.60 Å². The van der Waals surface area contributed by atoms with Gasteiger partial charge >= 0.3 is 13.3 Å². The lowest BCUT2D eigenvalue weighted by atomic mass is 10.0. The predicted octanol–water partition coefficient (Wildman–Crippen LogP) is -1.64. The molecule has 2 unspecified atom stereocenters. The average Bonchev–Trinajstić information content (AvgIpc) is 3.04. The second-order valence-corrected chi connectivity index (χ2v) is 8.14. The van der Waals surface area contributed by atoms with Crippen LogP contribution in [-0.2, 0) is 23.3 Å². The molecule has 27 heavy (non-hydrogen) atoms. The molecule has 0 amide bonds. The molecule has 3 rings (SSSR count). The minimum Gasteiger partial charge on any atom is -0.381 e. The molecule has 11 nitrogen and oxygen atoms in total. The van der Waals surface area contributed by atoms with Crippen LogP contribution in [-0.4, -0.2) is 65.8 Å². The Bertz CT molecular complexity index is 941. The van der Waals surface area contributed by atoms with E-state index in [4.69, 9.17) is 24.5 Å². The van der Waals surface area contributed by atoms with Crippen LogP contribution in [0.15, 0.2) is 15.8 Å². The first kappa shape index (κ1) is 20.0. The lowest BCUT2D eigenvalue weighted by Crippen LogP contribution is -2.46. The molecule has 1 aromatic heterocycles. The first-order valence-electron chi connectivity index (χ1n) is 8.02. The van der Waals surface area contributed by atoms with Crippen LogP contribution in [0.5, 0.6) is 0 Å². The van der Waals surface area contributed by atoms with E-state index in [1.165, 1.54) is 13.3 Å². The van der Waals surface area contributed by atoms with E-state index in [1.807, 2.05) is 0 Å². The Balaban J connectivity index is 2.03. The van der Waals surface area contributed by atoms with Crippen LogP contribution in [0.2, 0.25) is 0 Å². The van der Waals surface area contributed by atoms with Crippen molar-refractivity contribution in [2.24, 2.45) is 5.73 Å².